The zero-order valence-electron chi connectivity index (χ0n) is 31.3. The third kappa shape index (κ3) is 5.87. The number of rotatable bonds is 7. The number of aryl methyl sites for hydroxylation is 6. The van der Waals surface area contributed by atoms with Crippen LogP contribution in [0.2, 0.25) is 0 Å². The normalized spacial score (nSPS) is 11.8. The zero-order chi connectivity index (χ0) is 35.4. The highest BCUT2D eigenvalue weighted by atomic mass is 16.3. The van der Waals surface area contributed by atoms with E-state index in [0.717, 1.165) is 33.2 Å². The van der Waals surface area contributed by atoms with Crippen LogP contribution in [-0.2, 0) is 0 Å². The van der Waals surface area contributed by atoms with Crippen LogP contribution in [0.25, 0.3) is 44.3 Å². The van der Waals surface area contributed by atoms with Gasteiger partial charge in [0.05, 0.1) is 5.69 Å². The summed E-state index contributed by atoms with van der Waals surface area (Å²) in [4.78, 5) is 4.92. The number of hydrogen-bond donors (Lipinski definition) is 0. The maximum Gasteiger partial charge on any atom is 0.242 e. The monoisotopic (exact) mass is 653 g/mol. The Morgan fingerprint density at radius 3 is 1.70 bits per heavy atom. The van der Waals surface area contributed by atoms with Gasteiger partial charge in [-0.25, -0.2) is 0 Å². The van der Waals surface area contributed by atoms with Crippen molar-refractivity contribution in [2.24, 2.45) is 0 Å². The predicted molar refractivity (Wildman–Crippen MR) is 217 cm³/mol. The minimum atomic E-state index is 0.0859. The molecule has 0 radical (unpaired) electrons. The lowest BCUT2D eigenvalue weighted by molar-refractivity contribution is 0.670. The molecule has 0 aliphatic heterocycles. The van der Waals surface area contributed by atoms with E-state index < -0.39 is 0 Å². The van der Waals surface area contributed by atoms with Gasteiger partial charge in [0, 0.05) is 22.5 Å². The first-order valence-corrected chi connectivity index (χ1v) is 18.1. The lowest BCUT2D eigenvalue weighted by Crippen LogP contribution is -2.55. The van der Waals surface area contributed by atoms with Gasteiger partial charge in [0.15, 0.2) is 0 Å². The van der Waals surface area contributed by atoms with Crippen LogP contribution in [0.4, 0.5) is 0 Å². The van der Waals surface area contributed by atoms with Gasteiger partial charge in [0.2, 0.25) is 6.71 Å². The second-order valence-electron chi connectivity index (χ2n) is 15.1. The van der Waals surface area contributed by atoms with Crippen LogP contribution >= 0.6 is 0 Å². The van der Waals surface area contributed by atoms with Gasteiger partial charge < -0.3 is 4.42 Å². The SMILES string of the molecule is Cc1cc(C)c(B(c2ccc3c(c2)oc2c(-c4cc(-c5c(C(C)C)cccc5C(C)C)ccn4)cccc23)c2c(C)cc(C)cc2C)c(C)c1. The topological polar surface area (TPSA) is 26.0 Å². The molecule has 3 heteroatoms. The molecule has 0 saturated carbocycles. The summed E-state index contributed by atoms with van der Waals surface area (Å²) in [5.74, 6) is 0.828. The van der Waals surface area contributed by atoms with Crippen molar-refractivity contribution in [1.82, 2.24) is 4.98 Å². The molecule has 0 unspecified atom stereocenters. The molecule has 5 aromatic carbocycles. The highest BCUT2D eigenvalue weighted by Gasteiger charge is 2.29. The summed E-state index contributed by atoms with van der Waals surface area (Å²) < 4.78 is 6.89. The Kier molecular flexibility index (Phi) is 8.81. The van der Waals surface area contributed by atoms with Gasteiger partial charge in [-0.15, -0.1) is 0 Å². The first-order valence-electron chi connectivity index (χ1n) is 18.1. The van der Waals surface area contributed by atoms with Crippen molar-refractivity contribution in [3.05, 3.63) is 142 Å². The largest absolute Gasteiger partial charge is 0.455 e. The quantitative estimate of drug-likeness (QED) is 0.160. The Hall–Kier alpha value is -4.89. The fourth-order valence-corrected chi connectivity index (χ4v) is 8.58. The molecule has 2 heterocycles. The first-order chi connectivity index (χ1) is 23.9. The molecule has 0 N–H and O–H groups in total. The van der Waals surface area contributed by atoms with Gasteiger partial charge in [-0.3, -0.25) is 4.98 Å². The van der Waals surface area contributed by atoms with Crippen LogP contribution in [0.5, 0.6) is 0 Å². The lowest BCUT2D eigenvalue weighted by atomic mass is 9.34. The molecule has 0 aliphatic carbocycles. The number of para-hydroxylation sites is 1. The van der Waals surface area contributed by atoms with E-state index in [1.54, 1.807) is 0 Å². The molecule has 2 nitrogen and oxygen atoms in total. The van der Waals surface area contributed by atoms with Gasteiger partial charge >= 0.3 is 0 Å². The molecule has 0 saturated heterocycles. The highest BCUT2D eigenvalue weighted by molar-refractivity contribution is 6.96. The molecular formula is C47H48BNO. The van der Waals surface area contributed by atoms with Crippen LogP contribution in [0.15, 0.2) is 102 Å². The van der Waals surface area contributed by atoms with Gasteiger partial charge in [0.25, 0.3) is 0 Å². The molecule has 0 fully saturated rings. The second kappa shape index (κ2) is 13.1. The fourth-order valence-electron chi connectivity index (χ4n) is 8.58. The van der Waals surface area contributed by atoms with Gasteiger partial charge in [-0.1, -0.05) is 144 Å². The number of aromatic nitrogens is 1. The summed E-state index contributed by atoms with van der Waals surface area (Å²) >= 11 is 0. The van der Waals surface area contributed by atoms with E-state index in [1.165, 1.54) is 72.0 Å². The molecule has 7 rings (SSSR count). The molecule has 7 aromatic rings. The Labute approximate surface area is 298 Å². The van der Waals surface area contributed by atoms with Crippen LogP contribution in [0, 0.1) is 41.5 Å². The van der Waals surface area contributed by atoms with Crippen molar-refractivity contribution in [3.8, 4) is 22.4 Å². The summed E-state index contributed by atoms with van der Waals surface area (Å²) in [6.45, 7) is 22.6. The third-order valence-electron chi connectivity index (χ3n) is 10.6. The molecule has 0 bridgehead atoms. The van der Waals surface area contributed by atoms with Crippen molar-refractivity contribution in [1.29, 1.82) is 0 Å². The summed E-state index contributed by atoms with van der Waals surface area (Å²) in [5.41, 5.74) is 20.9. The van der Waals surface area contributed by atoms with E-state index in [1.807, 2.05) is 6.20 Å². The number of nitrogens with zero attached hydrogens (tertiary/aromatic N) is 1. The number of pyridine rings is 1. The molecule has 2 aromatic heterocycles. The zero-order valence-corrected chi connectivity index (χ0v) is 31.3. The molecule has 0 atom stereocenters. The number of furan rings is 1. The minimum Gasteiger partial charge on any atom is -0.455 e. The van der Waals surface area contributed by atoms with E-state index in [-0.39, 0.29) is 6.71 Å². The molecule has 0 spiro atoms. The molecular weight excluding hydrogens is 605 g/mol. The smallest absolute Gasteiger partial charge is 0.242 e. The summed E-state index contributed by atoms with van der Waals surface area (Å²) in [7, 11) is 0. The lowest BCUT2D eigenvalue weighted by Gasteiger charge is -2.24. The fraction of sp³-hybridized carbons (Fsp3) is 0.255. The molecule has 250 valence electrons. The molecule has 0 aliphatic rings. The maximum atomic E-state index is 6.89. The van der Waals surface area contributed by atoms with Crippen LogP contribution in [0.3, 0.4) is 0 Å². The summed E-state index contributed by atoms with van der Waals surface area (Å²) in [6, 6.07) is 33.8. The Morgan fingerprint density at radius 2 is 1.14 bits per heavy atom. The predicted octanol–water partition coefficient (Wildman–Crippen LogP) is 10.9. The first kappa shape index (κ1) is 33.6. The van der Waals surface area contributed by atoms with Crippen LogP contribution in [-0.4, -0.2) is 11.7 Å². The summed E-state index contributed by atoms with van der Waals surface area (Å²) in [6.07, 6.45) is 1.95. The van der Waals surface area contributed by atoms with E-state index in [0.29, 0.717) is 11.8 Å². The average molecular weight is 654 g/mol. The third-order valence-corrected chi connectivity index (χ3v) is 10.6. The standard InChI is InChI=1S/C47H48BNO/c1-27(2)37-13-11-14-38(28(3)4)44(37)35-19-20-49-42(25-35)41-16-12-15-40-39-18-17-36(26-43(39)50-47(40)41)48(45-31(7)21-29(5)22-32(45)8)46-33(9)23-30(6)24-34(46)10/h11-28H,1-10H3. The van der Waals surface area contributed by atoms with Crippen molar-refractivity contribution in [2.75, 3.05) is 0 Å². The van der Waals surface area contributed by atoms with E-state index in [9.17, 15) is 0 Å². The van der Waals surface area contributed by atoms with Crippen LogP contribution < -0.4 is 16.4 Å². The Morgan fingerprint density at radius 1 is 0.580 bits per heavy atom. The second-order valence-corrected chi connectivity index (χ2v) is 15.1. The summed E-state index contributed by atoms with van der Waals surface area (Å²) in [5, 5.41) is 2.24. The Balaban J connectivity index is 1.41. The average Bonchev–Trinajstić information content (AvgIpc) is 3.44. The maximum absolute atomic E-state index is 6.89. The van der Waals surface area contributed by atoms with Gasteiger partial charge in [-0.2, -0.15) is 0 Å². The van der Waals surface area contributed by atoms with E-state index >= 15 is 0 Å². The van der Waals surface area contributed by atoms with E-state index in [4.69, 9.17) is 9.40 Å². The molecule has 0 amide bonds. The highest BCUT2D eigenvalue weighted by Crippen LogP contribution is 2.39. The van der Waals surface area contributed by atoms with Crippen molar-refractivity contribution in [2.45, 2.75) is 81.1 Å². The van der Waals surface area contributed by atoms with Gasteiger partial charge in [0.1, 0.15) is 11.2 Å². The minimum absolute atomic E-state index is 0.0859. The van der Waals surface area contributed by atoms with Gasteiger partial charge in [-0.05, 0) is 99.9 Å². The van der Waals surface area contributed by atoms with Crippen molar-refractivity contribution < 1.29 is 4.42 Å². The van der Waals surface area contributed by atoms with Crippen LogP contribution in [0.1, 0.15) is 84.0 Å². The number of hydrogen-bond acceptors (Lipinski definition) is 2. The Bertz CT molecular complexity index is 2280. The van der Waals surface area contributed by atoms with Crippen molar-refractivity contribution in [3.63, 3.8) is 0 Å². The van der Waals surface area contributed by atoms with E-state index in [2.05, 4.69) is 160 Å². The molecule has 50 heavy (non-hydrogen) atoms. The number of benzene rings is 5. The van der Waals surface area contributed by atoms with Crippen molar-refractivity contribution >= 4 is 45.0 Å². The number of fused-ring (bicyclic) bond motifs is 3.